The van der Waals surface area contributed by atoms with Gasteiger partial charge in [0.2, 0.25) is 5.91 Å². The van der Waals surface area contributed by atoms with E-state index in [0.29, 0.717) is 30.1 Å². The first kappa shape index (κ1) is 15.5. The molecule has 0 unspecified atom stereocenters. The van der Waals surface area contributed by atoms with Crippen molar-refractivity contribution in [3.8, 4) is 0 Å². The lowest BCUT2D eigenvalue weighted by Gasteiger charge is -2.25. The third-order valence-corrected chi connectivity index (χ3v) is 3.20. The lowest BCUT2D eigenvalue weighted by Crippen LogP contribution is -2.33. The molecule has 0 aliphatic heterocycles. The lowest BCUT2D eigenvalue weighted by molar-refractivity contribution is -0.121. The fourth-order valence-corrected chi connectivity index (χ4v) is 1.98. The Labute approximate surface area is 101 Å². The quantitative estimate of drug-likeness (QED) is 0.709. The molecular weight excluding hydrogens is 198 g/mol. The second-order valence-corrected chi connectivity index (χ2v) is 5.89. The fourth-order valence-electron chi connectivity index (χ4n) is 1.98. The second-order valence-electron chi connectivity index (χ2n) is 5.89. The van der Waals surface area contributed by atoms with E-state index in [1.807, 2.05) is 0 Å². The molecule has 1 amide bonds. The van der Waals surface area contributed by atoms with Crippen LogP contribution < -0.4 is 5.32 Å². The summed E-state index contributed by atoms with van der Waals surface area (Å²) >= 11 is 0. The Morgan fingerprint density at radius 1 is 1.00 bits per heavy atom. The van der Waals surface area contributed by atoms with Crippen molar-refractivity contribution >= 4 is 5.91 Å². The van der Waals surface area contributed by atoms with E-state index in [4.69, 9.17) is 0 Å². The van der Waals surface area contributed by atoms with Crippen LogP contribution in [0.5, 0.6) is 0 Å². The second kappa shape index (κ2) is 7.70. The highest BCUT2D eigenvalue weighted by molar-refractivity contribution is 5.75. The first-order valence-corrected chi connectivity index (χ1v) is 6.61. The summed E-state index contributed by atoms with van der Waals surface area (Å²) in [4.78, 5) is 11.6. The van der Waals surface area contributed by atoms with E-state index in [2.05, 4.69) is 46.9 Å². The Balaban J connectivity index is 3.88. The van der Waals surface area contributed by atoms with Gasteiger partial charge in [-0.05, 0) is 30.1 Å². The lowest BCUT2D eigenvalue weighted by atomic mass is 9.85. The molecule has 0 spiro atoms. The molecule has 96 valence electrons. The van der Waals surface area contributed by atoms with Crippen molar-refractivity contribution < 1.29 is 4.79 Å². The molecule has 0 aromatic rings. The third-order valence-electron chi connectivity index (χ3n) is 3.20. The maximum absolute atomic E-state index is 11.6. The van der Waals surface area contributed by atoms with Crippen molar-refractivity contribution in [2.45, 2.75) is 54.4 Å². The number of hydrogen-bond acceptors (Lipinski definition) is 1. The van der Waals surface area contributed by atoms with Gasteiger partial charge in [-0.15, -0.1) is 0 Å². The Morgan fingerprint density at radius 2 is 1.50 bits per heavy atom. The fraction of sp³-hybridized carbons (Fsp3) is 0.929. The molecule has 16 heavy (non-hydrogen) atoms. The standard InChI is InChI=1S/C14H29NO/c1-10(2)7-8-14(16)15-9-13(11(3)4)12(5)6/h10-13H,7-9H2,1-6H3,(H,15,16). The van der Waals surface area contributed by atoms with Crippen molar-refractivity contribution in [3.63, 3.8) is 0 Å². The molecule has 0 fully saturated rings. The summed E-state index contributed by atoms with van der Waals surface area (Å²) in [6, 6.07) is 0. The molecule has 0 rings (SSSR count). The molecule has 0 aliphatic rings. The molecule has 0 bridgehead atoms. The van der Waals surface area contributed by atoms with Crippen LogP contribution in [0.3, 0.4) is 0 Å². The van der Waals surface area contributed by atoms with Crippen LogP contribution >= 0.6 is 0 Å². The molecule has 0 heterocycles. The molecule has 0 aliphatic carbocycles. The topological polar surface area (TPSA) is 29.1 Å². The minimum Gasteiger partial charge on any atom is -0.356 e. The highest BCUT2D eigenvalue weighted by Crippen LogP contribution is 2.19. The average Bonchev–Trinajstić information content (AvgIpc) is 2.13. The van der Waals surface area contributed by atoms with Gasteiger partial charge in [-0.3, -0.25) is 4.79 Å². The maximum Gasteiger partial charge on any atom is 0.220 e. The summed E-state index contributed by atoms with van der Waals surface area (Å²) < 4.78 is 0. The normalized spacial score (nSPS) is 11.9. The van der Waals surface area contributed by atoms with Crippen molar-refractivity contribution in [1.82, 2.24) is 5.32 Å². The molecule has 0 saturated heterocycles. The SMILES string of the molecule is CC(C)CCC(=O)NCC(C(C)C)C(C)C. The van der Waals surface area contributed by atoms with Crippen molar-refractivity contribution in [1.29, 1.82) is 0 Å². The van der Waals surface area contributed by atoms with Crippen LogP contribution in [0.4, 0.5) is 0 Å². The summed E-state index contributed by atoms with van der Waals surface area (Å²) in [5, 5.41) is 3.06. The van der Waals surface area contributed by atoms with Crippen molar-refractivity contribution in [2.75, 3.05) is 6.54 Å². The summed E-state index contributed by atoms with van der Waals surface area (Å²) in [5.41, 5.74) is 0. The summed E-state index contributed by atoms with van der Waals surface area (Å²) in [6.07, 6.45) is 1.65. The van der Waals surface area contributed by atoms with E-state index >= 15 is 0 Å². The zero-order valence-corrected chi connectivity index (χ0v) is 11.8. The van der Waals surface area contributed by atoms with Crippen LogP contribution in [0.1, 0.15) is 54.4 Å². The number of carbonyl (C=O) groups excluding carboxylic acids is 1. The Hall–Kier alpha value is -0.530. The van der Waals surface area contributed by atoms with E-state index in [1.54, 1.807) is 0 Å². The van der Waals surface area contributed by atoms with E-state index in [1.165, 1.54) is 0 Å². The van der Waals surface area contributed by atoms with Gasteiger partial charge in [0.05, 0.1) is 0 Å². The molecule has 0 aromatic heterocycles. The van der Waals surface area contributed by atoms with Crippen LogP contribution in [0, 0.1) is 23.7 Å². The van der Waals surface area contributed by atoms with Gasteiger partial charge >= 0.3 is 0 Å². The average molecular weight is 227 g/mol. The molecule has 2 nitrogen and oxygen atoms in total. The summed E-state index contributed by atoms with van der Waals surface area (Å²) in [6.45, 7) is 14.0. The molecule has 2 heteroatoms. The molecule has 0 atom stereocenters. The Kier molecular flexibility index (Phi) is 7.44. The minimum absolute atomic E-state index is 0.208. The van der Waals surface area contributed by atoms with Gasteiger partial charge in [-0.2, -0.15) is 0 Å². The minimum atomic E-state index is 0.208. The largest absolute Gasteiger partial charge is 0.356 e. The van der Waals surface area contributed by atoms with Gasteiger partial charge in [0.1, 0.15) is 0 Å². The van der Waals surface area contributed by atoms with Crippen LogP contribution in [-0.2, 0) is 4.79 Å². The number of nitrogens with one attached hydrogen (secondary N) is 1. The number of rotatable bonds is 7. The summed E-state index contributed by atoms with van der Waals surface area (Å²) in [5.74, 6) is 2.66. The Bertz CT molecular complexity index is 189. The van der Waals surface area contributed by atoms with Gasteiger partial charge in [0, 0.05) is 13.0 Å². The first-order valence-electron chi connectivity index (χ1n) is 6.61. The number of amides is 1. The van der Waals surface area contributed by atoms with Crippen molar-refractivity contribution in [3.05, 3.63) is 0 Å². The molecule has 0 aromatic carbocycles. The van der Waals surface area contributed by atoms with Crippen LogP contribution in [0.15, 0.2) is 0 Å². The smallest absolute Gasteiger partial charge is 0.220 e. The molecular formula is C14H29NO. The Morgan fingerprint density at radius 3 is 1.88 bits per heavy atom. The monoisotopic (exact) mass is 227 g/mol. The highest BCUT2D eigenvalue weighted by atomic mass is 16.1. The van der Waals surface area contributed by atoms with E-state index < -0.39 is 0 Å². The molecule has 1 N–H and O–H groups in total. The predicted octanol–water partition coefficient (Wildman–Crippen LogP) is 3.47. The van der Waals surface area contributed by atoms with E-state index in [0.717, 1.165) is 13.0 Å². The maximum atomic E-state index is 11.6. The van der Waals surface area contributed by atoms with Gasteiger partial charge in [0.25, 0.3) is 0 Å². The van der Waals surface area contributed by atoms with Crippen molar-refractivity contribution in [2.24, 2.45) is 23.7 Å². The van der Waals surface area contributed by atoms with E-state index in [9.17, 15) is 4.79 Å². The molecule has 0 saturated carbocycles. The van der Waals surface area contributed by atoms with Gasteiger partial charge in [0.15, 0.2) is 0 Å². The highest BCUT2D eigenvalue weighted by Gasteiger charge is 2.17. The van der Waals surface area contributed by atoms with Gasteiger partial charge in [-0.25, -0.2) is 0 Å². The first-order chi connectivity index (χ1) is 7.34. The van der Waals surface area contributed by atoms with Crippen LogP contribution in [-0.4, -0.2) is 12.5 Å². The predicted molar refractivity (Wildman–Crippen MR) is 70.2 cm³/mol. The van der Waals surface area contributed by atoms with Gasteiger partial charge in [-0.1, -0.05) is 41.5 Å². The van der Waals surface area contributed by atoms with Gasteiger partial charge < -0.3 is 5.32 Å². The third kappa shape index (κ3) is 6.86. The van der Waals surface area contributed by atoms with Crippen LogP contribution in [0.25, 0.3) is 0 Å². The zero-order chi connectivity index (χ0) is 12.7. The summed E-state index contributed by atoms with van der Waals surface area (Å²) in [7, 11) is 0. The molecule has 0 radical (unpaired) electrons. The van der Waals surface area contributed by atoms with E-state index in [-0.39, 0.29) is 5.91 Å². The zero-order valence-electron chi connectivity index (χ0n) is 11.8. The number of hydrogen-bond donors (Lipinski definition) is 1. The van der Waals surface area contributed by atoms with Crippen LogP contribution in [0.2, 0.25) is 0 Å². The number of carbonyl (C=O) groups is 1.